The van der Waals surface area contributed by atoms with Gasteiger partial charge in [-0.3, -0.25) is 4.79 Å². The van der Waals surface area contributed by atoms with Gasteiger partial charge in [-0.1, -0.05) is 29.8 Å². The molecule has 0 aromatic heterocycles. The molecule has 0 aliphatic carbocycles. The van der Waals surface area contributed by atoms with E-state index in [9.17, 15) is 4.79 Å². The predicted octanol–water partition coefficient (Wildman–Crippen LogP) is 3.01. The summed E-state index contributed by atoms with van der Waals surface area (Å²) >= 11 is 5.85. The van der Waals surface area contributed by atoms with E-state index in [2.05, 4.69) is 19.1 Å². The van der Waals surface area contributed by atoms with Crippen molar-refractivity contribution in [2.24, 2.45) is 5.92 Å². The summed E-state index contributed by atoms with van der Waals surface area (Å²) in [6.45, 7) is 3.78. The van der Waals surface area contributed by atoms with E-state index in [-0.39, 0.29) is 5.91 Å². The summed E-state index contributed by atoms with van der Waals surface area (Å²) in [4.78, 5) is 14.1. The molecular weight excluding hydrogens is 246 g/mol. The Hall–Kier alpha value is -1.02. The maximum Gasteiger partial charge on any atom is 0.226 e. The molecule has 1 heterocycles. The van der Waals surface area contributed by atoms with Crippen molar-refractivity contribution < 1.29 is 4.79 Å². The average molecular weight is 266 g/mol. The van der Waals surface area contributed by atoms with Crippen LogP contribution in [0.25, 0.3) is 0 Å². The SMILES string of the molecule is Cc1cccc(CC(=O)N2CCC(CCl)CC2)c1. The maximum atomic E-state index is 12.2. The zero-order valence-electron chi connectivity index (χ0n) is 10.9. The molecule has 1 saturated heterocycles. The van der Waals surface area contributed by atoms with Crippen molar-refractivity contribution in [1.29, 1.82) is 0 Å². The van der Waals surface area contributed by atoms with Gasteiger partial charge in [-0.15, -0.1) is 11.6 Å². The van der Waals surface area contributed by atoms with Crippen LogP contribution in [0.5, 0.6) is 0 Å². The van der Waals surface area contributed by atoms with E-state index in [4.69, 9.17) is 11.6 Å². The zero-order valence-corrected chi connectivity index (χ0v) is 11.6. The van der Waals surface area contributed by atoms with Crippen molar-refractivity contribution in [3.05, 3.63) is 35.4 Å². The number of alkyl halides is 1. The van der Waals surface area contributed by atoms with E-state index in [1.54, 1.807) is 0 Å². The van der Waals surface area contributed by atoms with Crippen molar-refractivity contribution in [2.45, 2.75) is 26.2 Å². The first kappa shape index (κ1) is 13.4. The first-order valence-corrected chi connectivity index (χ1v) is 7.12. The highest BCUT2D eigenvalue weighted by Crippen LogP contribution is 2.19. The van der Waals surface area contributed by atoms with Gasteiger partial charge >= 0.3 is 0 Å². The lowest BCUT2D eigenvalue weighted by Gasteiger charge is -2.31. The molecule has 2 nitrogen and oxygen atoms in total. The van der Waals surface area contributed by atoms with Crippen molar-refractivity contribution in [2.75, 3.05) is 19.0 Å². The third kappa shape index (κ3) is 3.49. The molecule has 0 unspecified atom stereocenters. The van der Waals surface area contributed by atoms with E-state index >= 15 is 0 Å². The molecule has 0 bridgehead atoms. The van der Waals surface area contributed by atoms with Gasteiger partial charge in [0.2, 0.25) is 5.91 Å². The van der Waals surface area contributed by atoms with E-state index in [1.807, 2.05) is 17.0 Å². The van der Waals surface area contributed by atoms with Crippen LogP contribution in [0.1, 0.15) is 24.0 Å². The zero-order chi connectivity index (χ0) is 13.0. The minimum absolute atomic E-state index is 0.244. The van der Waals surface area contributed by atoms with E-state index in [1.165, 1.54) is 5.56 Å². The number of hydrogen-bond donors (Lipinski definition) is 0. The molecule has 1 aliphatic heterocycles. The summed E-state index contributed by atoms with van der Waals surface area (Å²) in [6, 6.07) is 8.18. The lowest BCUT2D eigenvalue weighted by molar-refractivity contribution is -0.131. The van der Waals surface area contributed by atoms with Crippen LogP contribution in [0.3, 0.4) is 0 Å². The van der Waals surface area contributed by atoms with Crippen molar-refractivity contribution in [1.82, 2.24) is 4.90 Å². The highest BCUT2D eigenvalue weighted by Gasteiger charge is 2.22. The molecule has 0 radical (unpaired) electrons. The summed E-state index contributed by atoms with van der Waals surface area (Å²) in [7, 11) is 0. The molecule has 0 N–H and O–H groups in total. The quantitative estimate of drug-likeness (QED) is 0.770. The second-order valence-electron chi connectivity index (χ2n) is 5.14. The van der Waals surface area contributed by atoms with E-state index < -0.39 is 0 Å². The summed E-state index contributed by atoms with van der Waals surface area (Å²) in [5.41, 5.74) is 2.32. The number of carbonyl (C=O) groups is 1. The Morgan fingerprint density at radius 2 is 2.11 bits per heavy atom. The number of nitrogens with zero attached hydrogens (tertiary/aromatic N) is 1. The lowest BCUT2D eigenvalue weighted by Crippen LogP contribution is -2.39. The lowest BCUT2D eigenvalue weighted by atomic mass is 9.98. The molecule has 1 aliphatic rings. The fourth-order valence-corrected chi connectivity index (χ4v) is 2.75. The molecule has 2 rings (SSSR count). The number of aryl methyl sites for hydroxylation is 1. The third-order valence-electron chi connectivity index (χ3n) is 3.62. The van der Waals surface area contributed by atoms with Gasteiger partial charge in [0.25, 0.3) is 0 Å². The van der Waals surface area contributed by atoms with Crippen LogP contribution in [-0.4, -0.2) is 29.8 Å². The largest absolute Gasteiger partial charge is 0.342 e. The molecule has 98 valence electrons. The molecule has 1 fully saturated rings. The molecule has 1 amide bonds. The fraction of sp³-hybridized carbons (Fsp3) is 0.533. The number of amides is 1. The Bertz CT molecular complexity index is 411. The van der Waals surface area contributed by atoms with Crippen LogP contribution in [0.4, 0.5) is 0 Å². The molecule has 0 spiro atoms. The minimum atomic E-state index is 0.244. The van der Waals surface area contributed by atoms with Crippen LogP contribution in [0.15, 0.2) is 24.3 Å². The van der Waals surface area contributed by atoms with Gasteiger partial charge in [0.15, 0.2) is 0 Å². The predicted molar refractivity (Wildman–Crippen MR) is 74.9 cm³/mol. The Morgan fingerprint density at radius 3 is 2.72 bits per heavy atom. The van der Waals surface area contributed by atoms with Crippen LogP contribution in [0, 0.1) is 12.8 Å². The van der Waals surface area contributed by atoms with Crippen molar-refractivity contribution >= 4 is 17.5 Å². The first-order valence-electron chi connectivity index (χ1n) is 6.58. The van der Waals surface area contributed by atoms with Gasteiger partial charge in [0, 0.05) is 19.0 Å². The van der Waals surface area contributed by atoms with Crippen LogP contribution < -0.4 is 0 Å². The summed E-state index contributed by atoms with van der Waals surface area (Å²) < 4.78 is 0. The summed E-state index contributed by atoms with van der Waals surface area (Å²) in [6.07, 6.45) is 2.61. The Morgan fingerprint density at radius 1 is 1.39 bits per heavy atom. The van der Waals surface area contributed by atoms with Gasteiger partial charge in [-0.05, 0) is 31.2 Å². The molecule has 18 heavy (non-hydrogen) atoms. The molecule has 0 atom stereocenters. The topological polar surface area (TPSA) is 20.3 Å². The second kappa shape index (κ2) is 6.24. The maximum absolute atomic E-state index is 12.2. The van der Waals surface area contributed by atoms with Gasteiger partial charge in [0.1, 0.15) is 0 Å². The third-order valence-corrected chi connectivity index (χ3v) is 4.06. The second-order valence-corrected chi connectivity index (χ2v) is 5.45. The minimum Gasteiger partial charge on any atom is -0.342 e. The Kier molecular flexibility index (Phi) is 4.65. The highest BCUT2D eigenvalue weighted by atomic mass is 35.5. The number of hydrogen-bond acceptors (Lipinski definition) is 1. The van der Waals surface area contributed by atoms with Gasteiger partial charge in [-0.2, -0.15) is 0 Å². The monoisotopic (exact) mass is 265 g/mol. The molecule has 3 heteroatoms. The number of likely N-dealkylation sites (tertiary alicyclic amines) is 1. The van der Waals surface area contributed by atoms with Gasteiger partial charge in [0.05, 0.1) is 6.42 Å². The number of benzene rings is 1. The van der Waals surface area contributed by atoms with Gasteiger partial charge < -0.3 is 4.90 Å². The average Bonchev–Trinajstić information content (AvgIpc) is 2.39. The number of carbonyl (C=O) groups excluding carboxylic acids is 1. The van der Waals surface area contributed by atoms with Crippen LogP contribution in [0.2, 0.25) is 0 Å². The fourth-order valence-electron chi connectivity index (χ4n) is 2.45. The summed E-state index contributed by atoms with van der Waals surface area (Å²) in [5.74, 6) is 1.56. The Balaban J connectivity index is 1.89. The first-order chi connectivity index (χ1) is 8.69. The number of rotatable bonds is 3. The normalized spacial score (nSPS) is 16.9. The molecule has 0 saturated carbocycles. The summed E-state index contributed by atoms with van der Waals surface area (Å²) in [5, 5.41) is 0. The van der Waals surface area contributed by atoms with Crippen LogP contribution in [-0.2, 0) is 11.2 Å². The van der Waals surface area contributed by atoms with E-state index in [0.717, 1.165) is 37.4 Å². The molecule has 1 aromatic rings. The van der Waals surface area contributed by atoms with Crippen molar-refractivity contribution in [3.8, 4) is 0 Å². The highest BCUT2D eigenvalue weighted by molar-refractivity contribution is 6.18. The number of halogens is 1. The van der Waals surface area contributed by atoms with E-state index in [0.29, 0.717) is 12.3 Å². The smallest absolute Gasteiger partial charge is 0.226 e. The molecule has 1 aromatic carbocycles. The molecular formula is C15H20ClNO. The van der Waals surface area contributed by atoms with Crippen LogP contribution >= 0.6 is 11.6 Å². The standard InChI is InChI=1S/C15H20ClNO/c1-12-3-2-4-14(9-12)10-15(18)17-7-5-13(11-16)6-8-17/h2-4,9,13H,5-8,10-11H2,1H3. The Labute approximate surface area is 114 Å². The number of piperidine rings is 1. The van der Waals surface area contributed by atoms with Gasteiger partial charge in [-0.25, -0.2) is 0 Å². The van der Waals surface area contributed by atoms with Crippen molar-refractivity contribution in [3.63, 3.8) is 0 Å².